The minimum Gasteiger partial charge on any atom is -0.344 e. The molecule has 4 rings (SSSR count). The normalized spacial score (nSPS) is 12.5. The van der Waals surface area contributed by atoms with E-state index in [4.69, 9.17) is 0 Å². The van der Waals surface area contributed by atoms with E-state index in [0.717, 1.165) is 11.0 Å². The number of carbonyl (C=O) groups is 1. The Kier molecular flexibility index (Phi) is 4.65. The highest BCUT2D eigenvalue weighted by molar-refractivity contribution is 5.79. The summed E-state index contributed by atoms with van der Waals surface area (Å²) in [5.41, 5.74) is 2.16. The van der Waals surface area contributed by atoms with Gasteiger partial charge in [0.15, 0.2) is 0 Å². The number of carbonyl (C=O) groups excluding carboxylic acids is 1. The molecule has 0 bridgehead atoms. The number of aromatic amines is 1. The van der Waals surface area contributed by atoms with Gasteiger partial charge in [0.05, 0.1) is 34.3 Å². The first-order chi connectivity index (χ1) is 13.5. The summed E-state index contributed by atoms with van der Waals surface area (Å²) in [5.74, 6) is 0.558. The first-order valence-electron chi connectivity index (χ1n) is 9.21. The molecule has 4 aromatic rings. The summed E-state index contributed by atoms with van der Waals surface area (Å²) in [5, 5.41) is 3.49. The van der Waals surface area contributed by atoms with Crippen LogP contribution in [-0.2, 0) is 11.3 Å². The zero-order valence-corrected chi connectivity index (χ0v) is 15.7. The number of para-hydroxylation sites is 3. The smallest absolute Gasteiger partial charge is 0.261 e. The van der Waals surface area contributed by atoms with E-state index in [-0.39, 0.29) is 30.0 Å². The molecule has 0 aliphatic heterocycles. The molecule has 0 unspecified atom stereocenters. The molecule has 0 radical (unpaired) electrons. The lowest BCUT2D eigenvalue weighted by atomic mass is 10.0. The Labute approximate surface area is 161 Å². The van der Waals surface area contributed by atoms with E-state index in [9.17, 15) is 9.59 Å². The van der Waals surface area contributed by atoms with Crippen molar-refractivity contribution in [1.29, 1.82) is 0 Å². The van der Waals surface area contributed by atoms with Gasteiger partial charge in [-0.2, -0.15) is 0 Å². The number of hydrogen-bond acceptors (Lipinski definition) is 4. The van der Waals surface area contributed by atoms with Gasteiger partial charge in [0.25, 0.3) is 5.56 Å². The third-order valence-corrected chi connectivity index (χ3v) is 4.73. The maximum atomic E-state index is 12.7. The summed E-state index contributed by atoms with van der Waals surface area (Å²) in [6.07, 6.45) is 1.41. The van der Waals surface area contributed by atoms with Crippen LogP contribution in [-0.4, -0.2) is 25.4 Å². The molecule has 2 heterocycles. The molecule has 0 saturated carbocycles. The highest BCUT2D eigenvalue weighted by Crippen LogP contribution is 2.22. The molecule has 0 saturated heterocycles. The van der Waals surface area contributed by atoms with Crippen molar-refractivity contribution < 1.29 is 4.79 Å². The Morgan fingerprint density at radius 1 is 1.11 bits per heavy atom. The van der Waals surface area contributed by atoms with Gasteiger partial charge >= 0.3 is 0 Å². The van der Waals surface area contributed by atoms with Crippen molar-refractivity contribution in [2.45, 2.75) is 26.4 Å². The van der Waals surface area contributed by atoms with E-state index >= 15 is 0 Å². The van der Waals surface area contributed by atoms with Crippen LogP contribution < -0.4 is 10.9 Å². The van der Waals surface area contributed by atoms with Crippen LogP contribution in [0.1, 0.15) is 25.7 Å². The molecular formula is C21H21N5O2. The van der Waals surface area contributed by atoms with E-state index in [1.165, 1.54) is 10.9 Å². The standard InChI is InChI=1S/C21H21N5O2/c1-13(2)19(20-23-16-9-5-6-10-17(16)24-20)25-18(27)11-26-12-22-15-8-4-3-7-14(15)21(26)28/h3-10,12-13,19H,11H2,1-2H3,(H,23,24)(H,25,27)/t19-/m1/s1. The summed E-state index contributed by atoms with van der Waals surface area (Å²) in [6.45, 7) is 3.93. The van der Waals surface area contributed by atoms with E-state index in [1.807, 2.05) is 44.2 Å². The van der Waals surface area contributed by atoms with Crippen molar-refractivity contribution in [3.63, 3.8) is 0 Å². The zero-order chi connectivity index (χ0) is 19.7. The number of imidazole rings is 1. The summed E-state index contributed by atoms with van der Waals surface area (Å²) >= 11 is 0. The van der Waals surface area contributed by atoms with Crippen molar-refractivity contribution in [1.82, 2.24) is 24.8 Å². The van der Waals surface area contributed by atoms with Crippen molar-refractivity contribution in [3.8, 4) is 0 Å². The molecule has 28 heavy (non-hydrogen) atoms. The van der Waals surface area contributed by atoms with Gasteiger partial charge in [-0.1, -0.05) is 38.1 Å². The van der Waals surface area contributed by atoms with Gasteiger partial charge in [0, 0.05) is 0 Å². The van der Waals surface area contributed by atoms with E-state index in [2.05, 4.69) is 20.3 Å². The van der Waals surface area contributed by atoms with Gasteiger partial charge in [-0.05, 0) is 30.2 Å². The highest BCUT2D eigenvalue weighted by Gasteiger charge is 2.22. The first-order valence-corrected chi connectivity index (χ1v) is 9.21. The number of nitrogens with one attached hydrogen (secondary N) is 2. The van der Waals surface area contributed by atoms with Crippen LogP contribution in [0.3, 0.4) is 0 Å². The number of H-pyrrole nitrogens is 1. The van der Waals surface area contributed by atoms with Gasteiger partial charge in [-0.15, -0.1) is 0 Å². The minimum atomic E-state index is -0.288. The second kappa shape index (κ2) is 7.26. The largest absolute Gasteiger partial charge is 0.344 e. The van der Waals surface area contributed by atoms with Gasteiger partial charge in [0.1, 0.15) is 12.4 Å². The van der Waals surface area contributed by atoms with E-state index < -0.39 is 0 Å². The molecule has 7 heteroatoms. The fraction of sp³-hybridized carbons (Fsp3) is 0.238. The summed E-state index contributed by atoms with van der Waals surface area (Å²) < 4.78 is 1.33. The lowest BCUT2D eigenvalue weighted by molar-refractivity contribution is -0.122. The number of aromatic nitrogens is 4. The number of hydrogen-bond donors (Lipinski definition) is 2. The minimum absolute atomic E-state index is 0.0971. The van der Waals surface area contributed by atoms with Gasteiger partial charge in [0.2, 0.25) is 5.91 Å². The highest BCUT2D eigenvalue weighted by atomic mass is 16.2. The Hall–Kier alpha value is -3.48. The zero-order valence-electron chi connectivity index (χ0n) is 15.7. The molecule has 0 aliphatic rings. The molecular weight excluding hydrogens is 354 g/mol. The number of amides is 1. The van der Waals surface area contributed by atoms with Crippen LogP contribution in [0.15, 0.2) is 59.7 Å². The van der Waals surface area contributed by atoms with E-state index in [1.54, 1.807) is 18.2 Å². The van der Waals surface area contributed by atoms with Crippen LogP contribution in [0, 0.1) is 5.92 Å². The Balaban J connectivity index is 1.57. The van der Waals surface area contributed by atoms with Crippen molar-refractivity contribution in [2.75, 3.05) is 0 Å². The second-order valence-electron chi connectivity index (χ2n) is 7.12. The molecule has 142 valence electrons. The van der Waals surface area contributed by atoms with Crippen LogP contribution in [0.5, 0.6) is 0 Å². The van der Waals surface area contributed by atoms with Gasteiger partial charge in [-0.25, -0.2) is 9.97 Å². The van der Waals surface area contributed by atoms with E-state index in [0.29, 0.717) is 16.7 Å². The maximum absolute atomic E-state index is 12.7. The van der Waals surface area contributed by atoms with Crippen LogP contribution in [0.4, 0.5) is 0 Å². The third-order valence-electron chi connectivity index (χ3n) is 4.73. The lowest BCUT2D eigenvalue weighted by Crippen LogP contribution is -2.37. The number of rotatable bonds is 5. The van der Waals surface area contributed by atoms with Gasteiger partial charge < -0.3 is 10.3 Å². The number of fused-ring (bicyclic) bond motifs is 2. The number of benzene rings is 2. The Bertz CT molecular complexity index is 1180. The lowest BCUT2D eigenvalue weighted by Gasteiger charge is -2.20. The molecule has 2 aromatic heterocycles. The first kappa shape index (κ1) is 17.9. The molecule has 0 aliphatic carbocycles. The second-order valence-corrected chi connectivity index (χ2v) is 7.12. The quantitative estimate of drug-likeness (QED) is 0.561. The monoisotopic (exact) mass is 375 g/mol. The molecule has 7 nitrogen and oxygen atoms in total. The summed E-state index contributed by atoms with van der Waals surface area (Å²) in [4.78, 5) is 37.4. The predicted molar refractivity (Wildman–Crippen MR) is 108 cm³/mol. The molecule has 2 N–H and O–H groups in total. The average Bonchev–Trinajstić information content (AvgIpc) is 3.12. The van der Waals surface area contributed by atoms with Crippen LogP contribution in [0.2, 0.25) is 0 Å². The number of nitrogens with zero attached hydrogens (tertiary/aromatic N) is 3. The predicted octanol–water partition coefficient (Wildman–Crippen LogP) is 2.79. The van der Waals surface area contributed by atoms with Gasteiger partial charge in [-0.3, -0.25) is 14.2 Å². The molecule has 0 fully saturated rings. The van der Waals surface area contributed by atoms with Crippen molar-refractivity contribution in [3.05, 3.63) is 71.0 Å². The van der Waals surface area contributed by atoms with Crippen LogP contribution >= 0.6 is 0 Å². The molecule has 0 spiro atoms. The summed E-state index contributed by atoms with van der Waals surface area (Å²) in [7, 11) is 0. The van der Waals surface area contributed by atoms with Crippen molar-refractivity contribution >= 4 is 27.8 Å². The van der Waals surface area contributed by atoms with Crippen molar-refractivity contribution in [2.24, 2.45) is 5.92 Å². The third kappa shape index (κ3) is 3.38. The summed E-state index contributed by atoms with van der Waals surface area (Å²) in [6, 6.07) is 14.5. The average molecular weight is 375 g/mol. The Morgan fingerprint density at radius 2 is 1.82 bits per heavy atom. The molecule has 2 aromatic carbocycles. The SMILES string of the molecule is CC(C)[C@@H](NC(=O)Cn1cnc2ccccc2c1=O)c1nc2ccccc2[nH]1. The van der Waals surface area contributed by atoms with Crippen LogP contribution in [0.25, 0.3) is 21.9 Å². The Morgan fingerprint density at radius 3 is 2.57 bits per heavy atom. The molecule has 1 amide bonds. The topological polar surface area (TPSA) is 92.7 Å². The fourth-order valence-electron chi connectivity index (χ4n) is 3.26. The maximum Gasteiger partial charge on any atom is 0.261 e. The fourth-order valence-corrected chi connectivity index (χ4v) is 3.26. The molecule has 1 atom stereocenters.